The molecule has 27 heavy (non-hydrogen) atoms. The van der Waals surface area contributed by atoms with Crippen molar-refractivity contribution in [3.8, 4) is 0 Å². The summed E-state index contributed by atoms with van der Waals surface area (Å²) in [6.45, 7) is 1.70. The molecule has 7 nitrogen and oxygen atoms in total. The molecule has 1 heterocycles. The Morgan fingerprint density at radius 3 is 2.41 bits per heavy atom. The van der Waals surface area contributed by atoms with Gasteiger partial charge < -0.3 is 9.80 Å². The van der Waals surface area contributed by atoms with Crippen LogP contribution in [0.1, 0.15) is 17.3 Å². The second-order valence-corrected chi connectivity index (χ2v) is 6.06. The Kier molecular flexibility index (Phi) is 4.85. The highest BCUT2D eigenvalue weighted by atomic mass is 19.1. The lowest BCUT2D eigenvalue weighted by atomic mass is 10.1. The molecule has 140 valence electrons. The number of nitro benzene ring substituents is 1. The third-order valence-electron chi connectivity index (χ3n) is 4.44. The lowest BCUT2D eigenvalue weighted by Crippen LogP contribution is -2.58. The third-order valence-corrected chi connectivity index (χ3v) is 4.44. The minimum absolute atomic E-state index is 0.0457. The van der Waals surface area contributed by atoms with Gasteiger partial charge >= 0.3 is 0 Å². The minimum atomic E-state index is -0.870. The molecule has 0 aromatic heterocycles. The van der Waals surface area contributed by atoms with Gasteiger partial charge in [0.05, 0.1) is 10.6 Å². The summed E-state index contributed by atoms with van der Waals surface area (Å²) in [4.78, 5) is 37.9. The summed E-state index contributed by atoms with van der Waals surface area (Å²) in [7, 11) is 0. The number of anilines is 1. The van der Waals surface area contributed by atoms with Crippen molar-refractivity contribution < 1.29 is 23.3 Å². The molecule has 0 radical (unpaired) electrons. The van der Waals surface area contributed by atoms with E-state index in [-0.39, 0.29) is 30.0 Å². The van der Waals surface area contributed by atoms with E-state index in [1.807, 2.05) is 0 Å². The van der Waals surface area contributed by atoms with Crippen LogP contribution in [-0.2, 0) is 4.79 Å². The van der Waals surface area contributed by atoms with Gasteiger partial charge in [0.1, 0.15) is 17.7 Å². The highest BCUT2D eigenvalue weighted by Gasteiger charge is 2.36. The van der Waals surface area contributed by atoms with E-state index < -0.39 is 34.4 Å². The Morgan fingerprint density at radius 1 is 1.15 bits per heavy atom. The molecular formula is C18H15F2N3O4. The number of carbonyl (C=O) groups excluding carboxylic acids is 2. The first kappa shape index (κ1) is 18.4. The minimum Gasteiger partial charge on any atom is -0.325 e. The summed E-state index contributed by atoms with van der Waals surface area (Å²) in [5, 5.41) is 10.7. The van der Waals surface area contributed by atoms with Crippen LogP contribution in [0.2, 0.25) is 0 Å². The Labute approximate surface area is 152 Å². The predicted molar refractivity (Wildman–Crippen MR) is 92.3 cm³/mol. The van der Waals surface area contributed by atoms with Crippen LogP contribution in [-0.4, -0.2) is 40.8 Å². The number of hydrogen-bond donors (Lipinski definition) is 0. The van der Waals surface area contributed by atoms with Crippen molar-refractivity contribution in [3.05, 3.63) is 69.8 Å². The molecule has 1 aliphatic heterocycles. The van der Waals surface area contributed by atoms with Gasteiger partial charge in [0.25, 0.3) is 11.6 Å². The van der Waals surface area contributed by atoms with Crippen LogP contribution in [0.3, 0.4) is 0 Å². The molecule has 2 amide bonds. The summed E-state index contributed by atoms with van der Waals surface area (Å²) in [6.07, 6.45) is 0. The Bertz CT molecular complexity index is 917. The molecule has 9 heteroatoms. The number of amides is 2. The van der Waals surface area contributed by atoms with Gasteiger partial charge in [-0.1, -0.05) is 0 Å². The maximum Gasteiger partial charge on any atom is 0.269 e. The van der Waals surface area contributed by atoms with E-state index in [4.69, 9.17) is 0 Å². The molecule has 0 aliphatic carbocycles. The van der Waals surface area contributed by atoms with Crippen molar-refractivity contribution >= 4 is 23.2 Å². The fraction of sp³-hybridized carbons (Fsp3) is 0.222. The summed E-state index contributed by atoms with van der Waals surface area (Å²) in [6, 6.07) is 7.14. The van der Waals surface area contributed by atoms with E-state index in [1.54, 1.807) is 0 Å². The van der Waals surface area contributed by atoms with E-state index in [2.05, 4.69) is 0 Å². The first-order valence-electron chi connectivity index (χ1n) is 8.11. The van der Waals surface area contributed by atoms with Crippen LogP contribution < -0.4 is 4.90 Å². The first-order chi connectivity index (χ1) is 12.8. The van der Waals surface area contributed by atoms with Crippen LogP contribution >= 0.6 is 0 Å². The van der Waals surface area contributed by atoms with Crippen LogP contribution in [0.15, 0.2) is 42.5 Å². The zero-order chi connectivity index (χ0) is 19.7. The van der Waals surface area contributed by atoms with Crippen LogP contribution in [0.4, 0.5) is 20.2 Å². The van der Waals surface area contributed by atoms with Crippen molar-refractivity contribution in [1.82, 2.24) is 4.90 Å². The summed E-state index contributed by atoms with van der Waals surface area (Å²) >= 11 is 0. The van der Waals surface area contributed by atoms with Gasteiger partial charge in [-0.3, -0.25) is 19.7 Å². The summed E-state index contributed by atoms with van der Waals surface area (Å²) < 4.78 is 27.1. The van der Waals surface area contributed by atoms with Crippen molar-refractivity contribution in [1.29, 1.82) is 0 Å². The van der Waals surface area contributed by atoms with Crippen LogP contribution in [0.5, 0.6) is 0 Å². The number of carbonyl (C=O) groups is 2. The van der Waals surface area contributed by atoms with Crippen molar-refractivity contribution in [3.63, 3.8) is 0 Å². The molecule has 2 aromatic carbocycles. The van der Waals surface area contributed by atoms with Gasteiger partial charge in [-0.05, 0) is 31.2 Å². The summed E-state index contributed by atoms with van der Waals surface area (Å²) in [5.41, 5.74) is 0.0182. The fourth-order valence-corrected chi connectivity index (χ4v) is 2.98. The average molecular weight is 375 g/mol. The normalized spacial score (nSPS) is 17.1. The molecule has 1 fully saturated rings. The third kappa shape index (κ3) is 3.48. The molecule has 1 aliphatic rings. The Balaban J connectivity index is 1.79. The van der Waals surface area contributed by atoms with Crippen molar-refractivity contribution in [2.45, 2.75) is 13.0 Å². The number of rotatable bonds is 3. The summed E-state index contributed by atoms with van der Waals surface area (Å²) in [5.74, 6) is -2.55. The zero-order valence-electron chi connectivity index (χ0n) is 14.3. The number of benzene rings is 2. The molecule has 0 unspecified atom stereocenters. The first-order valence-corrected chi connectivity index (χ1v) is 8.11. The zero-order valence-corrected chi connectivity index (χ0v) is 14.3. The average Bonchev–Trinajstić information content (AvgIpc) is 2.64. The van der Waals surface area contributed by atoms with Crippen molar-refractivity contribution in [2.75, 3.05) is 18.0 Å². The van der Waals surface area contributed by atoms with E-state index in [0.29, 0.717) is 6.07 Å². The predicted octanol–water partition coefficient (Wildman–Crippen LogP) is 2.75. The van der Waals surface area contributed by atoms with E-state index in [9.17, 15) is 28.5 Å². The van der Waals surface area contributed by atoms with Gasteiger partial charge in [-0.25, -0.2) is 8.78 Å². The standard InChI is InChI=1S/C18H15F2N3O4/c1-11-17(24)22(16-7-4-13(19)10-15(16)20)9-8-21(11)18(25)12-2-5-14(6-3-12)23(26)27/h2-7,10-11H,8-9H2,1H3/t11-/m0/s1. The fourth-order valence-electron chi connectivity index (χ4n) is 2.98. The van der Waals surface area contributed by atoms with Crippen LogP contribution in [0, 0.1) is 21.7 Å². The number of non-ortho nitro benzene ring substituents is 1. The molecule has 1 atom stereocenters. The van der Waals surface area contributed by atoms with E-state index >= 15 is 0 Å². The number of piperazine rings is 1. The number of hydrogen-bond acceptors (Lipinski definition) is 4. The molecule has 1 saturated heterocycles. The molecule has 0 spiro atoms. The maximum atomic E-state index is 14.0. The van der Waals surface area contributed by atoms with Crippen LogP contribution in [0.25, 0.3) is 0 Å². The van der Waals surface area contributed by atoms with E-state index in [0.717, 1.165) is 6.07 Å². The van der Waals surface area contributed by atoms with Gasteiger partial charge in [0.15, 0.2) is 0 Å². The van der Waals surface area contributed by atoms with Gasteiger partial charge in [-0.15, -0.1) is 0 Å². The van der Waals surface area contributed by atoms with Gasteiger partial charge in [0, 0.05) is 36.9 Å². The second-order valence-electron chi connectivity index (χ2n) is 6.06. The molecule has 0 bridgehead atoms. The smallest absolute Gasteiger partial charge is 0.269 e. The van der Waals surface area contributed by atoms with Gasteiger partial charge in [-0.2, -0.15) is 0 Å². The van der Waals surface area contributed by atoms with Gasteiger partial charge in [0.2, 0.25) is 5.91 Å². The van der Waals surface area contributed by atoms with E-state index in [1.165, 1.54) is 47.1 Å². The second kappa shape index (κ2) is 7.10. The Morgan fingerprint density at radius 2 is 1.81 bits per heavy atom. The molecule has 0 N–H and O–H groups in total. The molecule has 3 rings (SSSR count). The number of nitro groups is 1. The quantitative estimate of drug-likeness (QED) is 0.610. The molecule has 2 aromatic rings. The Hall–Kier alpha value is -3.36. The SMILES string of the molecule is C[C@H]1C(=O)N(c2ccc(F)cc2F)CCN1C(=O)c1ccc([N+](=O)[O-])cc1. The van der Waals surface area contributed by atoms with Crippen molar-refractivity contribution in [2.24, 2.45) is 0 Å². The lowest BCUT2D eigenvalue weighted by Gasteiger charge is -2.39. The highest BCUT2D eigenvalue weighted by molar-refractivity contribution is 6.03. The highest BCUT2D eigenvalue weighted by Crippen LogP contribution is 2.25. The topological polar surface area (TPSA) is 83.8 Å². The number of halogens is 2. The molecule has 0 saturated carbocycles. The monoisotopic (exact) mass is 375 g/mol. The largest absolute Gasteiger partial charge is 0.325 e. The number of nitrogens with zero attached hydrogens (tertiary/aromatic N) is 3. The lowest BCUT2D eigenvalue weighted by molar-refractivity contribution is -0.384. The molecular weight excluding hydrogens is 360 g/mol. The maximum absolute atomic E-state index is 14.0.